The van der Waals surface area contributed by atoms with E-state index in [0.29, 0.717) is 24.6 Å². The molecule has 22 heavy (non-hydrogen) atoms. The van der Waals surface area contributed by atoms with Crippen molar-refractivity contribution in [3.63, 3.8) is 0 Å². The highest BCUT2D eigenvalue weighted by Gasteiger charge is 2.14. The van der Waals surface area contributed by atoms with E-state index < -0.39 is 5.97 Å². The minimum absolute atomic E-state index is 0. The highest BCUT2D eigenvalue weighted by atomic mass is 35.5. The van der Waals surface area contributed by atoms with Crippen LogP contribution < -0.4 is 10.1 Å². The van der Waals surface area contributed by atoms with E-state index in [0.717, 1.165) is 6.42 Å². The zero-order valence-electron chi connectivity index (χ0n) is 12.9. The number of carboxylic acids is 1. The van der Waals surface area contributed by atoms with Crippen LogP contribution in [0.3, 0.4) is 0 Å². The first kappa shape index (κ1) is 20.2. The Kier molecular flexibility index (Phi) is 9.98. The lowest BCUT2D eigenvalue weighted by atomic mass is 10.3. The van der Waals surface area contributed by atoms with Crippen LogP contribution in [0.2, 0.25) is 0 Å². The SMILES string of the molecule is CCCN(CC(=O)O)CC(=O)Nc1ccccc1OCC.Cl. The second-order valence-electron chi connectivity index (χ2n) is 4.58. The predicted octanol–water partition coefficient (Wildman–Crippen LogP) is 2.24. The minimum atomic E-state index is -0.939. The van der Waals surface area contributed by atoms with Crippen molar-refractivity contribution < 1.29 is 19.4 Å². The maximum Gasteiger partial charge on any atom is 0.317 e. The lowest BCUT2D eigenvalue weighted by Gasteiger charge is -2.19. The van der Waals surface area contributed by atoms with E-state index in [1.54, 1.807) is 23.1 Å². The van der Waals surface area contributed by atoms with Gasteiger partial charge in [-0.1, -0.05) is 19.1 Å². The molecule has 6 nitrogen and oxygen atoms in total. The number of hydrogen-bond donors (Lipinski definition) is 2. The number of rotatable bonds is 9. The minimum Gasteiger partial charge on any atom is -0.492 e. The summed E-state index contributed by atoms with van der Waals surface area (Å²) in [4.78, 5) is 24.4. The Morgan fingerprint density at radius 3 is 2.50 bits per heavy atom. The van der Waals surface area contributed by atoms with E-state index in [-0.39, 0.29) is 31.4 Å². The molecule has 1 aromatic carbocycles. The standard InChI is InChI=1S/C15H22N2O4.ClH/c1-3-9-17(11-15(19)20)10-14(18)16-12-7-5-6-8-13(12)21-4-2;/h5-8H,3-4,9-11H2,1-2H3,(H,16,18)(H,19,20);1H. The summed E-state index contributed by atoms with van der Waals surface area (Å²) < 4.78 is 5.43. The third kappa shape index (κ3) is 7.28. The maximum absolute atomic E-state index is 12.0. The van der Waals surface area contributed by atoms with Crippen LogP contribution >= 0.6 is 12.4 Å². The van der Waals surface area contributed by atoms with Crippen molar-refractivity contribution in [2.24, 2.45) is 0 Å². The third-order valence-corrected chi connectivity index (χ3v) is 2.73. The van der Waals surface area contributed by atoms with Gasteiger partial charge in [-0.3, -0.25) is 14.5 Å². The number of anilines is 1. The van der Waals surface area contributed by atoms with Gasteiger partial charge >= 0.3 is 5.97 Å². The van der Waals surface area contributed by atoms with Gasteiger partial charge in [-0.25, -0.2) is 0 Å². The van der Waals surface area contributed by atoms with Crippen LogP contribution in [0.4, 0.5) is 5.69 Å². The summed E-state index contributed by atoms with van der Waals surface area (Å²) in [5, 5.41) is 11.6. The normalized spacial score (nSPS) is 9.95. The van der Waals surface area contributed by atoms with Crippen molar-refractivity contribution >= 4 is 30.0 Å². The quantitative estimate of drug-likeness (QED) is 0.726. The summed E-state index contributed by atoms with van der Waals surface area (Å²) in [7, 11) is 0. The molecule has 2 N–H and O–H groups in total. The number of hydrogen-bond acceptors (Lipinski definition) is 4. The van der Waals surface area contributed by atoms with Crippen molar-refractivity contribution in [2.75, 3.05) is 31.6 Å². The lowest BCUT2D eigenvalue weighted by Crippen LogP contribution is -2.37. The average Bonchev–Trinajstić information content (AvgIpc) is 2.40. The van der Waals surface area contributed by atoms with E-state index in [1.807, 2.05) is 19.9 Å². The molecule has 0 heterocycles. The molecule has 0 aliphatic heterocycles. The van der Waals surface area contributed by atoms with Crippen LogP contribution in [0.25, 0.3) is 0 Å². The van der Waals surface area contributed by atoms with Gasteiger partial charge in [0.2, 0.25) is 5.91 Å². The molecule has 0 aliphatic carbocycles. The molecule has 0 aliphatic rings. The highest BCUT2D eigenvalue weighted by Crippen LogP contribution is 2.23. The van der Waals surface area contributed by atoms with Gasteiger partial charge in [-0.05, 0) is 32.0 Å². The number of carbonyl (C=O) groups excluding carboxylic acids is 1. The van der Waals surface area contributed by atoms with Gasteiger partial charge < -0.3 is 15.2 Å². The monoisotopic (exact) mass is 330 g/mol. The van der Waals surface area contributed by atoms with Crippen molar-refractivity contribution in [2.45, 2.75) is 20.3 Å². The number of benzene rings is 1. The Bertz CT molecular complexity index is 482. The molecule has 1 rings (SSSR count). The number of aliphatic carboxylic acids is 1. The van der Waals surface area contributed by atoms with Crippen LogP contribution in [0.1, 0.15) is 20.3 Å². The Morgan fingerprint density at radius 2 is 1.91 bits per heavy atom. The first-order valence-electron chi connectivity index (χ1n) is 7.02. The van der Waals surface area contributed by atoms with Gasteiger partial charge in [-0.15, -0.1) is 12.4 Å². The van der Waals surface area contributed by atoms with Gasteiger partial charge in [0, 0.05) is 0 Å². The van der Waals surface area contributed by atoms with Gasteiger partial charge in [0.15, 0.2) is 0 Å². The van der Waals surface area contributed by atoms with Crippen molar-refractivity contribution in [3.05, 3.63) is 24.3 Å². The molecule has 7 heteroatoms. The second kappa shape index (κ2) is 10.9. The number of carboxylic acid groups (broad SMARTS) is 1. The fourth-order valence-electron chi connectivity index (χ4n) is 1.97. The number of para-hydroxylation sites is 2. The van der Waals surface area contributed by atoms with E-state index in [1.165, 1.54) is 0 Å². The average molecular weight is 331 g/mol. The van der Waals surface area contributed by atoms with E-state index in [9.17, 15) is 9.59 Å². The topological polar surface area (TPSA) is 78.9 Å². The summed E-state index contributed by atoms with van der Waals surface area (Å²) in [6, 6.07) is 7.16. The third-order valence-electron chi connectivity index (χ3n) is 2.73. The lowest BCUT2D eigenvalue weighted by molar-refractivity contribution is -0.138. The van der Waals surface area contributed by atoms with Crippen molar-refractivity contribution in [1.29, 1.82) is 0 Å². The van der Waals surface area contributed by atoms with Crippen LogP contribution in [0.5, 0.6) is 5.75 Å². The molecule has 0 aromatic heterocycles. The van der Waals surface area contributed by atoms with E-state index in [2.05, 4.69) is 5.32 Å². The molecule has 0 radical (unpaired) electrons. The van der Waals surface area contributed by atoms with Gasteiger partial charge in [0.05, 0.1) is 25.4 Å². The largest absolute Gasteiger partial charge is 0.492 e. The highest BCUT2D eigenvalue weighted by molar-refractivity contribution is 5.93. The van der Waals surface area contributed by atoms with E-state index in [4.69, 9.17) is 9.84 Å². The molecule has 124 valence electrons. The zero-order chi connectivity index (χ0) is 15.7. The number of nitrogens with one attached hydrogen (secondary N) is 1. The number of ether oxygens (including phenoxy) is 1. The van der Waals surface area contributed by atoms with Crippen molar-refractivity contribution in [3.8, 4) is 5.75 Å². The summed E-state index contributed by atoms with van der Waals surface area (Å²) in [5.41, 5.74) is 0.594. The summed E-state index contributed by atoms with van der Waals surface area (Å²) in [5.74, 6) is -0.587. The number of amides is 1. The molecule has 0 saturated carbocycles. The molecule has 0 atom stereocenters. The fourth-order valence-corrected chi connectivity index (χ4v) is 1.97. The smallest absolute Gasteiger partial charge is 0.317 e. The number of carbonyl (C=O) groups is 2. The van der Waals surface area contributed by atoms with Gasteiger partial charge in [0.1, 0.15) is 5.75 Å². The summed E-state index contributed by atoms with van der Waals surface area (Å²) in [6.45, 7) is 4.78. The molecule has 1 amide bonds. The number of nitrogens with zero attached hydrogens (tertiary/aromatic N) is 1. The van der Waals surface area contributed by atoms with Gasteiger partial charge in [-0.2, -0.15) is 0 Å². The fraction of sp³-hybridized carbons (Fsp3) is 0.467. The van der Waals surface area contributed by atoms with Crippen LogP contribution in [0, 0.1) is 0 Å². The molecule has 0 saturated heterocycles. The Labute approximate surface area is 136 Å². The molecule has 0 unspecified atom stereocenters. The second-order valence-corrected chi connectivity index (χ2v) is 4.58. The molecule has 0 fully saturated rings. The maximum atomic E-state index is 12.0. The van der Waals surface area contributed by atoms with E-state index >= 15 is 0 Å². The molecule has 0 bridgehead atoms. The molecular weight excluding hydrogens is 308 g/mol. The summed E-state index contributed by atoms with van der Waals surface area (Å²) >= 11 is 0. The first-order valence-corrected chi connectivity index (χ1v) is 7.02. The molecular formula is C15H23ClN2O4. The van der Waals surface area contributed by atoms with Crippen LogP contribution in [-0.4, -0.2) is 48.1 Å². The molecule has 0 spiro atoms. The summed E-state index contributed by atoms with van der Waals surface area (Å²) in [6.07, 6.45) is 0.788. The van der Waals surface area contributed by atoms with Crippen LogP contribution in [-0.2, 0) is 9.59 Å². The Morgan fingerprint density at radius 1 is 1.23 bits per heavy atom. The zero-order valence-corrected chi connectivity index (χ0v) is 13.7. The predicted molar refractivity (Wildman–Crippen MR) is 87.9 cm³/mol. The van der Waals surface area contributed by atoms with Crippen LogP contribution in [0.15, 0.2) is 24.3 Å². The molecule has 1 aromatic rings. The van der Waals surface area contributed by atoms with Gasteiger partial charge in [0.25, 0.3) is 0 Å². The Hall–Kier alpha value is -1.79. The Balaban J connectivity index is 0.00000441. The number of halogens is 1. The van der Waals surface area contributed by atoms with Crippen molar-refractivity contribution in [1.82, 2.24) is 4.90 Å². The first-order chi connectivity index (χ1) is 10.1.